The zero-order chi connectivity index (χ0) is 16.0. The van der Waals surface area contributed by atoms with Gasteiger partial charge in [0.2, 0.25) is 0 Å². The SMILES string of the molecule is O=C(O)c1cc(Br)cc(S(=O)(=O)C2CCS(=O)(=O)C2)c1F. The smallest absolute Gasteiger partial charge is 0.338 e. The Balaban J connectivity index is 2.58. The molecule has 10 heteroatoms. The molecule has 0 saturated carbocycles. The van der Waals surface area contributed by atoms with Crippen LogP contribution in [0, 0.1) is 5.82 Å². The van der Waals surface area contributed by atoms with Gasteiger partial charge in [-0.15, -0.1) is 0 Å². The van der Waals surface area contributed by atoms with Crippen molar-refractivity contribution in [1.82, 2.24) is 0 Å². The van der Waals surface area contributed by atoms with Gasteiger partial charge in [0.25, 0.3) is 0 Å². The Labute approximate surface area is 128 Å². The molecule has 1 aliphatic heterocycles. The third-order valence-electron chi connectivity index (χ3n) is 3.17. The molecule has 1 saturated heterocycles. The maximum atomic E-state index is 14.1. The van der Waals surface area contributed by atoms with Crippen molar-refractivity contribution in [2.45, 2.75) is 16.6 Å². The second kappa shape index (κ2) is 5.33. The standard InChI is InChI=1S/C11H10BrFO6S2/c12-6-3-8(11(14)15)10(13)9(4-6)21(18,19)7-1-2-20(16,17)5-7/h3-4,7H,1-2,5H2,(H,14,15). The molecule has 1 N–H and O–H groups in total. The molecule has 1 aromatic rings. The zero-order valence-corrected chi connectivity index (χ0v) is 13.6. The lowest BCUT2D eigenvalue weighted by atomic mass is 10.2. The number of halogens is 2. The summed E-state index contributed by atoms with van der Waals surface area (Å²) in [5.74, 6) is -3.85. The number of hydrogen-bond acceptors (Lipinski definition) is 5. The fourth-order valence-electron chi connectivity index (χ4n) is 2.11. The van der Waals surface area contributed by atoms with E-state index >= 15 is 0 Å². The van der Waals surface area contributed by atoms with Crippen LogP contribution in [0.15, 0.2) is 21.5 Å². The van der Waals surface area contributed by atoms with Crippen LogP contribution in [0.4, 0.5) is 4.39 Å². The van der Waals surface area contributed by atoms with E-state index in [0.717, 1.165) is 12.1 Å². The first-order valence-electron chi connectivity index (χ1n) is 5.71. The van der Waals surface area contributed by atoms with Crippen LogP contribution in [0.25, 0.3) is 0 Å². The lowest BCUT2D eigenvalue weighted by Gasteiger charge is -2.12. The third kappa shape index (κ3) is 3.11. The van der Waals surface area contributed by atoms with Crippen molar-refractivity contribution in [3.05, 3.63) is 28.0 Å². The summed E-state index contributed by atoms with van der Waals surface area (Å²) in [6.45, 7) is 0. The molecule has 1 atom stereocenters. The van der Waals surface area contributed by atoms with Crippen LogP contribution < -0.4 is 0 Å². The monoisotopic (exact) mass is 400 g/mol. The second-order valence-electron chi connectivity index (χ2n) is 4.64. The van der Waals surface area contributed by atoms with E-state index in [4.69, 9.17) is 5.11 Å². The lowest BCUT2D eigenvalue weighted by Crippen LogP contribution is -2.24. The van der Waals surface area contributed by atoms with Crippen LogP contribution >= 0.6 is 15.9 Å². The van der Waals surface area contributed by atoms with Gasteiger partial charge in [-0.05, 0) is 18.6 Å². The summed E-state index contributed by atoms with van der Waals surface area (Å²) in [7, 11) is -7.73. The fraction of sp³-hybridized carbons (Fsp3) is 0.364. The quantitative estimate of drug-likeness (QED) is 0.817. The Kier molecular flexibility index (Phi) is 4.15. The summed E-state index contributed by atoms with van der Waals surface area (Å²) >= 11 is 2.93. The number of hydrogen-bond donors (Lipinski definition) is 1. The molecule has 0 bridgehead atoms. The molecule has 1 aromatic carbocycles. The second-order valence-corrected chi connectivity index (χ2v) is 9.98. The molecule has 0 aliphatic carbocycles. The molecule has 116 valence electrons. The van der Waals surface area contributed by atoms with E-state index in [1.165, 1.54) is 0 Å². The number of rotatable bonds is 3. The largest absolute Gasteiger partial charge is 0.478 e. The molecule has 1 heterocycles. The molecular weight excluding hydrogens is 391 g/mol. The Morgan fingerprint density at radius 3 is 2.48 bits per heavy atom. The predicted octanol–water partition coefficient (Wildman–Crippen LogP) is 1.25. The van der Waals surface area contributed by atoms with E-state index in [0.29, 0.717) is 0 Å². The van der Waals surface area contributed by atoms with E-state index in [2.05, 4.69) is 15.9 Å². The van der Waals surface area contributed by atoms with Crippen molar-refractivity contribution < 1.29 is 31.1 Å². The molecule has 1 fully saturated rings. The van der Waals surface area contributed by atoms with Crippen molar-refractivity contribution in [1.29, 1.82) is 0 Å². The van der Waals surface area contributed by atoms with Crippen molar-refractivity contribution in [2.75, 3.05) is 11.5 Å². The van der Waals surface area contributed by atoms with Crippen LogP contribution in [0.2, 0.25) is 0 Å². The summed E-state index contributed by atoms with van der Waals surface area (Å²) in [5, 5.41) is 7.62. The number of carbonyl (C=O) groups is 1. The lowest BCUT2D eigenvalue weighted by molar-refractivity contribution is 0.0691. The van der Waals surface area contributed by atoms with Gasteiger partial charge in [-0.25, -0.2) is 26.0 Å². The molecular formula is C11H10BrFO6S2. The Morgan fingerprint density at radius 2 is 2.00 bits per heavy atom. The number of aromatic carboxylic acids is 1. The minimum atomic E-state index is -4.27. The van der Waals surface area contributed by atoms with Gasteiger partial charge in [-0.2, -0.15) is 0 Å². The number of sulfone groups is 2. The van der Waals surface area contributed by atoms with Crippen molar-refractivity contribution in [3.8, 4) is 0 Å². The van der Waals surface area contributed by atoms with E-state index in [1.54, 1.807) is 0 Å². The highest BCUT2D eigenvalue weighted by atomic mass is 79.9. The summed E-state index contributed by atoms with van der Waals surface area (Å²) in [6, 6.07) is 1.89. The predicted molar refractivity (Wildman–Crippen MR) is 75.3 cm³/mol. The maximum absolute atomic E-state index is 14.1. The Bertz CT molecular complexity index is 815. The molecule has 6 nitrogen and oxygen atoms in total. The minimum Gasteiger partial charge on any atom is -0.478 e. The van der Waals surface area contributed by atoms with Gasteiger partial charge in [0, 0.05) is 4.47 Å². The van der Waals surface area contributed by atoms with Gasteiger partial charge in [0.1, 0.15) is 4.90 Å². The molecule has 2 rings (SSSR count). The molecule has 0 aromatic heterocycles. The van der Waals surface area contributed by atoms with E-state index in [-0.39, 0.29) is 16.6 Å². The van der Waals surface area contributed by atoms with Crippen LogP contribution in [0.3, 0.4) is 0 Å². The zero-order valence-electron chi connectivity index (χ0n) is 10.4. The molecule has 0 amide bonds. The third-order valence-corrected chi connectivity index (χ3v) is 7.80. The summed E-state index contributed by atoms with van der Waals surface area (Å²) in [6.07, 6.45) is -0.126. The average molecular weight is 401 g/mol. The normalized spacial score (nSPS) is 21.3. The summed E-state index contributed by atoms with van der Waals surface area (Å²) in [5.41, 5.74) is -0.788. The van der Waals surface area contributed by atoms with Crippen molar-refractivity contribution in [2.24, 2.45) is 0 Å². The highest BCUT2D eigenvalue weighted by Gasteiger charge is 2.40. The van der Waals surface area contributed by atoms with Gasteiger partial charge in [0.15, 0.2) is 25.5 Å². The van der Waals surface area contributed by atoms with Crippen LogP contribution in [0.5, 0.6) is 0 Å². The Hall–Kier alpha value is -1.00. The van der Waals surface area contributed by atoms with Gasteiger partial charge in [0.05, 0.1) is 22.3 Å². The van der Waals surface area contributed by atoms with Crippen molar-refractivity contribution in [3.63, 3.8) is 0 Å². The first kappa shape index (κ1) is 16.4. The number of benzene rings is 1. The summed E-state index contributed by atoms with van der Waals surface area (Å²) in [4.78, 5) is 10.1. The first-order chi connectivity index (χ1) is 9.54. The highest BCUT2D eigenvalue weighted by molar-refractivity contribution is 9.10. The van der Waals surface area contributed by atoms with E-state index in [1.807, 2.05) is 0 Å². The van der Waals surface area contributed by atoms with Gasteiger partial charge < -0.3 is 5.11 Å². The molecule has 21 heavy (non-hydrogen) atoms. The molecule has 0 radical (unpaired) electrons. The molecule has 1 aliphatic rings. The van der Waals surface area contributed by atoms with E-state index < -0.39 is 52.9 Å². The van der Waals surface area contributed by atoms with Crippen molar-refractivity contribution >= 4 is 41.6 Å². The first-order valence-corrected chi connectivity index (χ1v) is 9.87. The topological polar surface area (TPSA) is 106 Å². The highest BCUT2D eigenvalue weighted by Crippen LogP contribution is 2.30. The number of carboxylic acids is 1. The molecule has 0 spiro atoms. The fourth-order valence-corrected chi connectivity index (χ4v) is 7.19. The van der Waals surface area contributed by atoms with Crippen LogP contribution in [-0.4, -0.2) is 44.7 Å². The molecule has 1 unspecified atom stereocenters. The maximum Gasteiger partial charge on any atom is 0.338 e. The van der Waals surface area contributed by atoms with Gasteiger partial charge in [-0.3, -0.25) is 0 Å². The number of carboxylic acid groups (broad SMARTS) is 1. The Morgan fingerprint density at radius 1 is 1.38 bits per heavy atom. The van der Waals surface area contributed by atoms with Crippen LogP contribution in [-0.2, 0) is 19.7 Å². The van der Waals surface area contributed by atoms with Gasteiger partial charge >= 0.3 is 5.97 Å². The van der Waals surface area contributed by atoms with Crippen LogP contribution in [0.1, 0.15) is 16.8 Å². The summed E-state index contributed by atoms with van der Waals surface area (Å²) < 4.78 is 61.7. The van der Waals surface area contributed by atoms with E-state index in [9.17, 15) is 26.0 Å². The average Bonchev–Trinajstić information content (AvgIpc) is 2.72. The minimum absolute atomic E-state index is 0.0840. The van der Waals surface area contributed by atoms with Gasteiger partial charge in [-0.1, -0.05) is 15.9 Å².